The highest BCUT2D eigenvalue weighted by Gasteiger charge is 2.23. The molecule has 0 amide bonds. The highest BCUT2D eigenvalue weighted by Crippen LogP contribution is 2.44. The van der Waals surface area contributed by atoms with Crippen molar-refractivity contribution in [2.24, 2.45) is 5.10 Å². The molecule has 0 atom stereocenters. The maximum atomic E-state index is 13.6. The van der Waals surface area contributed by atoms with Gasteiger partial charge in [-0.25, -0.2) is 9.97 Å². The predicted octanol–water partition coefficient (Wildman–Crippen LogP) is 7.61. The van der Waals surface area contributed by atoms with Crippen molar-refractivity contribution in [2.75, 3.05) is 7.11 Å². The van der Waals surface area contributed by atoms with E-state index in [0.29, 0.717) is 26.8 Å². The Morgan fingerprint density at radius 3 is 2.62 bits per heavy atom. The van der Waals surface area contributed by atoms with Crippen molar-refractivity contribution >= 4 is 66.3 Å². The van der Waals surface area contributed by atoms with Gasteiger partial charge in [0, 0.05) is 32.6 Å². The first-order valence-electron chi connectivity index (χ1n) is 12.4. The fourth-order valence-electron chi connectivity index (χ4n) is 4.61. The molecule has 1 fully saturated rings. The molecule has 1 saturated carbocycles. The van der Waals surface area contributed by atoms with Gasteiger partial charge in [0.2, 0.25) is 5.88 Å². The van der Waals surface area contributed by atoms with E-state index in [1.54, 1.807) is 12.1 Å². The topological polar surface area (TPSA) is 122 Å². The van der Waals surface area contributed by atoms with Crippen LogP contribution in [0.3, 0.4) is 0 Å². The average molecular weight is 692 g/mol. The van der Waals surface area contributed by atoms with Crippen LogP contribution in [0.15, 0.2) is 61.4 Å². The summed E-state index contributed by atoms with van der Waals surface area (Å²) < 4.78 is 13.9. The lowest BCUT2D eigenvalue weighted by atomic mass is 9.88. The van der Waals surface area contributed by atoms with Gasteiger partial charge in [0.05, 0.1) is 29.2 Å². The summed E-state index contributed by atoms with van der Waals surface area (Å²) in [5.41, 5.74) is 0.729. The molecule has 0 N–H and O–H groups in total. The molecule has 0 radical (unpaired) electrons. The number of rotatable bonds is 7. The van der Waals surface area contributed by atoms with Crippen molar-refractivity contribution < 1.29 is 14.4 Å². The van der Waals surface area contributed by atoms with Gasteiger partial charge in [0.25, 0.3) is 11.2 Å². The van der Waals surface area contributed by atoms with Crippen LogP contribution in [0.4, 0.5) is 5.69 Å². The summed E-state index contributed by atoms with van der Waals surface area (Å²) in [5.74, 6) is 1.28. The van der Waals surface area contributed by atoms with Crippen LogP contribution < -0.4 is 15.0 Å². The number of hydrogen-bond acceptors (Lipinski definition) is 8. The number of fused-ring (bicyclic) bond motifs is 1. The van der Waals surface area contributed by atoms with Crippen molar-refractivity contribution in [2.45, 2.75) is 38.0 Å². The smallest absolute Gasteiger partial charge is 0.287 e. The van der Waals surface area contributed by atoms with Crippen LogP contribution in [0.5, 0.6) is 17.4 Å². The normalized spacial score (nSPS) is 14.1. The van der Waals surface area contributed by atoms with E-state index in [9.17, 15) is 14.9 Å². The van der Waals surface area contributed by atoms with Gasteiger partial charge in [-0.15, -0.1) is 0 Å². The van der Waals surface area contributed by atoms with E-state index in [1.165, 1.54) is 36.6 Å². The highest BCUT2D eigenvalue weighted by molar-refractivity contribution is 9.10. The minimum atomic E-state index is -0.552. The second-order valence-corrected chi connectivity index (χ2v) is 11.3. The largest absolute Gasteiger partial charge is 0.493 e. The molecule has 1 aliphatic carbocycles. The molecular weight excluding hydrogens is 670 g/mol. The van der Waals surface area contributed by atoms with E-state index >= 15 is 0 Å². The van der Waals surface area contributed by atoms with Crippen LogP contribution in [-0.4, -0.2) is 32.9 Å². The van der Waals surface area contributed by atoms with Crippen LogP contribution in [-0.2, 0) is 0 Å². The van der Waals surface area contributed by atoms with Gasteiger partial charge in [-0.2, -0.15) is 9.78 Å². The molecule has 206 valence electrons. The third-order valence-corrected chi connectivity index (χ3v) is 8.57. The molecule has 0 bridgehead atoms. The molecule has 0 aliphatic heterocycles. The third-order valence-electron chi connectivity index (χ3n) is 6.63. The summed E-state index contributed by atoms with van der Waals surface area (Å²) in [6, 6.07) is 9.74. The summed E-state index contributed by atoms with van der Waals surface area (Å²) in [5, 5.41) is 16.1. The zero-order valence-electron chi connectivity index (χ0n) is 21.1. The number of halogens is 3. The molecule has 10 nitrogen and oxygen atoms in total. The Balaban J connectivity index is 1.55. The minimum Gasteiger partial charge on any atom is -0.493 e. The SMILES string of the molecule is COc1cc(C=Nn2c(C3CCCCC3)nc3ccc(Br)cc3c2=O)c(Br)c(Cl)c1Oc1ccc([N+](=O)[O-])cn1. The number of pyridine rings is 1. The molecular formula is C27H22Br2ClN5O5. The maximum Gasteiger partial charge on any atom is 0.287 e. The fraction of sp³-hybridized carbons (Fsp3) is 0.259. The Hall–Kier alpha value is -3.35. The molecule has 2 aromatic heterocycles. The van der Waals surface area contributed by atoms with E-state index < -0.39 is 4.92 Å². The lowest BCUT2D eigenvalue weighted by Crippen LogP contribution is -2.25. The fourth-order valence-corrected chi connectivity index (χ4v) is 5.61. The summed E-state index contributed by atoms with van der Waals surface area (Å²) in [6.07, 6.45) is 7.80. The van der Waals surface area contributed by atoms with Crippen LogP contribution in [0.1, 0.15) is 49.4 Å². The first-order chi connectivity index (χ1) is 19.3. The second-order valence-electron chi connectivity index (χ2n) is 9.17. The number of aromatic nitrogens is 3. The van der Waals surface area contributed by atoms with Gasteiger partial charge in [0.1, 0.15) is 17.0 Å². The molecule has 0 unspecified atom stereocenters. The molecule has 2 heterocycles. The van der Waals surface area contributed by atoms with Crippen LogP contribution in [0.25, 0.3) is 10.9 Å². The molecule has 2 aromatic carbocycles. The summed E-state index contributed by atoms with van der Waals surface area (Å²) >= 11 is 13.6. The van der Waals surface area contributed by atoms with Crippen molar-refractivity contribution in [3.05, 3.63) is 88.4 Å². The van der Waals surface area contributed by atoms with Gasteiger partial charge in [-0.05, 0) is 53.0 Å². The lowest BCUT2D eigenvalue weighted by Gasteiger charge is -2.22. The Morgan fingerprint density at radius 1 is 1.18 bits per heavy atom. The zero-order chi connectivity index (χ0) is 28.4. The van der Waals surface area contributed by atoms with E-state index in [1.807, 2.05) is 12.1 Å². The third kappa shape index (κ3) is 5.74. The zero-order valence-corrected chi connectivity index (χ0v) is 25.1. The summed E-state index contributed by atoms with van der Waals surface area (Å²) in [4.78, 5) is 32.8. The summed E-state index contributed by atoms with van der Waals surface area (Å²) in [6.45, 7) is 0. The Bertz CT molecular complexity index is 1690. The quantitative estimate of drug-likeness (QED) is 0.111. The second kappa shape index (κ2) is 12.0. The van der Waals surface area contributed by atoms with E-state index in [2.05, 4.69) is 41.9 Å². The van der Waals surface area contributed by atoms with Gasteiger partial charge in [0.15, 0.2) is 11.5 Å². The molecule has 0 saturated heterocycles. The van der Waals surface area contributed by atoms with Crippen molar-refractivity contribution in [3.8, 4) is 17.4 Å². The number of nitrogens with zero attached hydrogens (tertiary/aromatic N) is 5. The van der Waals surface area contributed by atoms with Gasteiger partial charge in [-0.3, -0.25) is 14.9 Å². The number of nitro groups is 1. The summed E-state index contributed by atoms with van der Waals surface area (Å²) in [7, 11) is 1.45. The Labute approximate surface area is 250 Å². The van der Waals surface area contributed by atoms with Gasteiger partial charge < -0.3 is 9.47 Å². The molecule has 1 aliphatic rings. The van der Waals surface area contributed by atoms with Crippen LogP contribution in [0.2, 0.25) is 5.02 Å². The van der Waals surface area contributed by atoms with E-state index in [4.69, 9.17) is 26.1 Å². The van der Waals surface area contributed by atoms with Gasteiger partial charge >= 0.3 is 0 Å². The molecule has 0 spiro atoms. The number of methoxy groups -OCH3 is 1. The lowest BCUT2D eigenvalue weighted by molar-refractivity contribution is -0.385. The Kier molecular flexibility index (Phi) is 8.48. The average Bonchev–Trinajstić information content (AvgIpc) is 2.96. The van der Waals surface area contributed by atoms with Gasteiger partial charge in [-0.1, -0.05) is 46.8 Å². The Morgan fingerprint density at radius 2 is 1.95 bits per heavy atom. The van der Waals surface area contributed by atoms with Crippen molar-refractivity contribution in [1.82, 2.24) is 14.6 Å². The first kappa shape index (κ1) is 28.2. The molecule has 40 heavy (non-hydrogen) atoms. The van der Waals surface area contributed by atoms with E-state index in [-0.39, 0.29) is 39.6 Å². The highest BCUT2D eigenvalue weighted by atomic mass is 79.9. The molecule has 13 heteroatoms. The van der Waals surface area contributed by atoms with Crippen molar-refractivity contribution in [3.63, 3.8) is 0 Å². The van der Waals surface area contributed by atoms with E-state index in [0.717, 1.165) is 36.4 Å². The minimum absolute atomic E-state index is 0.0937. The first-order valence-corrected chi connectivity index (χ1v) is 14.3. The monoisotopic (exact) mass is 689 g/mol. The molecule has 5 rings (SSSR count). The number of benzene rings is 2. The van der Waals surface area contributed by atoms with Crippen LogP contribution in [0, 0.1) is 10.1 Å². The number of hydrogen-bond donors (Lipinski definition) is 0. The maximum absolute atomic E-state index is 13.6. The number of ether oxygens (including phenoxy) is 2. The predicted molar refractivity (Wildman–Crippen MR) is 159 cm³/mol. The van der Waals surface area contributed by atoms with Crippen molar-refractivity contribution in [1.29, 1.82) is 0 Å². The standard InChI is InChI=1S/C27H22Br2ClN5O5/c1-39-21-11-16(23(29)24(30)25(21)40-22-10-8-18(14-31-22)35(37)38)13-32-34-26(15-5-3-2-4-6-15)33-20-9-7-17(28)12-19(20)27(34)36/h7-15H,2-6H2,1H3. The molecule has 4 aromatic rings. The van der Waals surface area contributed by atoms with Crippen LogP contribution >= 0.6 is 43.5 Å².